The average Bonchev–Trinajstić information content (AvgIpc) is 3.35. The quantitative estimate of drug-likeness (QED) is 0.117. The van der Waals surface area contributed by atoms with Gasteiger partial charge in [-0.2, -0.15) is 23.5 Å². The van der Waals surface area contributed by atoms with E-state index in [0.717, 1.165) is 22.9 Å². The molecule has 0 fully saturated rings. The maximum Gasteiger partial charge on any atom is 0.326 e. The normalized spacial score (nSPS) is 14.2. The molecule has 0 spiro atoms. The number of para-hydroxylation sites is 1. The largest absolute Gasteiger partial charge is 0.480 e. The first-order valence-electron chi connectivity index (χ1n) is 13.3. The number of unbranched alkanes of at least 4 members (excludes halogenated alkanes) is 1. The van der Waals surface area contributed by atoms with E-state index in [0.29, 0.717) is 37.3 Å². The van der Waals surface area contributed by atoms with Crippen LogP contribution in [0.4, 0.5) is 0 Å². The Labute approximate surface area is 243 Å². The van der Waals surface area contributed by atoms with E-state index in [4.69, 9.17) is 11.5 Å². The Kier molecular flexibility index (Phi) is 14.9. The zero-order valence-corrected chi connectivity index (χ0v) is 24.7. The van der Waals surface area contributed by atoms with Crippen LogP contribution in [-0.4, -0.2) is 88.5 Å². The number of rotatable bonds is 19. The van der Waals surface area contributed by atoms with Crippen LogP contribution in [0.1, 0.15) is 37.7 Å². The van der Waals surface area contributed by atoms with Crippen molar-refractivity contribution in [3.05, 3.63) is 36.0 Å². The number of thioether (sulfide) groups is 2. The second kappa shape index (κ2) is 17.8. The molecule has 4 unspecified atom stereocenters. The second-order valence-electron chi connectivity index (χ2n) is 9.54. The lowest BCUT2D eigenvalue weighted by atomic mass is 10.0. The number of aromatic nitrogens is 1. The molecule has 4 atom stereocenters. The van der Waals surface area contributed by atoms with E-state index in [1.165, 1.54) is 23.5 Å². The molecular weight excluding hydrogens is 552 g/mol. The number of fused-ring (bicyclic) bond motifs is 1. The van der Waals surface area contributed by atoms with E-state index in [9.17, 15) is 24.3 Å². The van der Waals surface area contributed by atoms with Crippen LogP contribution in [0.3, 0.4) is 0 Å². The van der Waals surface area contributed by atoms with Crippen molar-refractivity contribution < 1.29 is 24.3 Å². The van der Waals surface area contributed by atoms with E-state index < -0.39 is 47.9 Å². The summed E-state index contributed by atoms with van der Waals surface area (Å²) in [7, 11) is 0. The summed E-state index contributed by atoms with van der Waals surface area (Å²) in [6, 6.07) is 3.71. The molecule has 0 saturated carbocycles. The van der Waals surface area contributed by atoms with Crippen LogP contribution in [0.2, 0.25) is 0 Å². The predicted octanol–water partition coefficient (Wildman–Crippen LogP) is 1.21. The van der Waals surface area contributed by atoms with E-state index >= 15 is 0 Å². The molecule has 0 aliphatic heterocycles. The van der Waals surface area contributed by atoms with Gasteiger partial charge in [-0.3, -0.25) is 14.4 Å². The first-order chi connectivity index (χ1) is 19.2. The summed E-state index contributed by atoms with van der Waals surface area (Å²) in [5, 5.41) is 18.6. The number of nitrogens with two attached hydrogens (primary N) is 2. The molecule has 9 N–H and O–H groups in total. The summed E-state index contributed by atoms with van der Waals surface area (Å²) in [5.41, 5.74) is 13.2. The first kappa shape index (κ1) is 33.5. The molecule has 0 radical (unpaired) electrons. The molecule has 0 aliphatic rings. The van der Waals surface area contributed by atoms with Crippen molar-refractivity contribution in [2.45, 2.75) is 62.7 Å². The van der Waals surface area contributed by atoms with E-state index in [1.54, 1.807) is 6.20 Å². The standard InChI is InChI=1S/C27H42N6O5S2/c1-39-13-10-21(31-24(34)19(29)8-5-6-12-28)25(35)33-23(26(36)32-22(27(37)38)11-14-40-2)15-17-16-30-20-9-4-3-7-18(17)20/h3-4,7,9,16,19,21-23,30H,5-6,8,10-15,28-29H2,1-2H3,(H,31,34)(H,32,36)(H,33,35)(H,37,38). The second-order valence-corrected chi connectivity index (χ2v) is 11.5. The minimum absolute atomic E-state index is 0.123. The summed E-state index contributed by atoms with van der Waals surface area (Å²) in [4.78, 5) is 54.6. The number of benzene rings is 1. The number of amides is 3. The van der Waals surface area contributed by atoms with Crippen LogP contribution in [0.15, 0.2) is 30.5 Å². The van der Waals surface area contributed by atoms with Gasteiger partial charge in [0.05, 0.1) is 6.04 Å². The lowest BCUT2D eigenvalue weighted by Gasteiger charge is -2.25. The van der Waals surface area contributed by atoms with Crippen LogP contribution in [-0.2, 0) is 25.6 Å². The molecule has 1 aromatic carbocycles. The van der Waals surface area contributed by atoms with Crippen LogP contribution in [0.25, 0.3) is 10.9 Å². The molecule has 1 aromatic heterocycles. The van der Waals surface area contributed by atoms with E-state index in [1.807, 2.05) is 36.8 Å². The number of nitrogens with one attached hydrogen (secondary N) is 4. The van der Waals surface area contributed by atoms with Gasteiger partial charge in [0.25, 0.3) is 0 Å². The van der Waals surface area contributed by atoms with Crippen molar-refractivity contribution >= 4 is 58.1 Å². The molecule has 0 aliphatic carbocycles. The third kappa shape index (κ3) is 10.7. The number of H-pyrrole nitrogens is 1. The molecule has 3 amide bonds. The van der Waals surface area contributed by atoms with Crippen LogP contribution >= 0.6 is 23.5 Å². The summed E-state index contributed by atoms with van der Waals surface area (Å²) in [5.74, 6) is -1.60. The highest BCUT2D eigenvalue weighted by Crippen LogP contribution is 2.19. The Hall–Kier alpha value is -2.74. The molecule has 2 aromatic rings. The van der Waals surface area contributed by atoms with Crippen molar-refractivity contribution in [1.29, 1.82) is 0 Å². The third-order valence-electron chi connectivity index (χ3n) is 6.51. The molecule has 11 nitrogen and oxygen atoms in total. The van der Waals surface area contributed by atoms with Gasteiger partial charge >= 0.3 is 5.97 Å². The monoisotopic (exact) mass is 594 g/mol. The van der Waals surface area contributed by atoms with Gasteiger partial charge in [-0.1, -0.05) is 24.6 Å². The van der Waals surface area contributed by atoms with Crippen LogP contribution in [0.5, 0.6) is 0 Å². The van der Waals surface area contributed by atoms with Crippen molar-refractivity contribution in [3.8, 4) is 0 Å². The lowest BCUT2D eigenvalue weighted by molar-refractivity contribution is -0.142. The van der Waals surface area contributed by atoms with Crippen molar-refractivity contribution in [1.82, 2.24) is 20.9 Å². The summed E-state index contributed by atoms with van der Waals surface area (Å²) >= 11 is 3.00. The topological polar surface area (TPSA) is 192 Å². The fourth-order valence-corrected chi connectivity index (χ4v) is 5.13. The number of hydrogen-bond acceptors (Lipinski definition) is 8. The Morgan fingerprint density at radius 3 is 2.12 bits per heavy atom. The van der Waals surface area contributed by atoms with E-state index in [2.05, 4.69) is 20.9 Å². The van der Waals surface area contributed by atoms with Crippen molar-refractivity contribution in [2.75, 3.05) is 30.6 Å². The molecule has 1 heterocycles. The SMILES string of the molecule is CSCCC(NC(=O)C(Cc1c[nH]c2ccccc12)NC(=O)C(CCSC)NC(=O)C(N)CCCCN)C(=O)O. The number of aliphatic carboxylic acids is 1. The third-order valence-corrected chi connectivity index (χ3v) is 7.79. The van der Waals surface area contributed by atoms with E-state index in [-0.39, 0.29) is 12.8 Å². The lowest BCUT2D eigenvalue weighted by Crippen LogP contribution is -2.57. The number of carboxylic acids is 1. The Morgan fingerprint density at radius 1 is 0.875 bits per heavy atom. The van der Waals surface area contributed by atoms with Gasteiger partial charge in [0.2, 0.25) is 17.7 Å². The highest BCUT2D eigenvalue weighted by atomic mass is 32.2. The smallest absolute Gasteiger partial charge is 0.326 e. The van der Waals surface area contributed by atoms with Crippen molar-refractivity contribution in [3.63, 3.8) is 0 Å². The van der Waals surface area contributed by atoms with Gasteiger partial charge in [0.15, 0.2) is 0 Å². The minimum atomic E-state index is -1.15. The fourth-order valence-electron chi connectivity index (χ4n) is 4.19. The molecule has 0 bridgehead atoms. The molecule has 222 valence electrons. The molecule has 2 rings (SSSR count). The number of aromatic amines is 1. The van der Waals surface area contributed by atoms with Gasteiger partial charge in [0.1, 0.15) is 18.1 Å². The summed E-state index contributed by atoms with van der Waals surface area (Å²) in [6.07, 6.45) is 8.10. The predicted molar refractivity (Wildman–Crippen MR) is 162 cm³/mol. The van der Waals surface area contributed by atoms with Crippen LogP contribution in [0, 0.1) is 0 Å². The number of carbonyl (C=O) groups is 4. The van der Waals surface area contributed by atoms with Gasteiger partial charge in [-0.05, 0) is 67.9 Å². The number of carbonyl (C=O) groups excluding carboxylic acids is 3. The zero-order valence-electron chi connectivity index (χ0n) is 23.1. The minimum Gasteiger partial charge on any atom is -0.480 e. The highest BCUT2D eigenvalue weighted by molar-refractivity contribution is 7.98. The zero-order chi connectivity index (χ0) is 29.5. The Morgan fingerprint density at radius 2 is 1.48 bits per heavy atom. The summed E-state index contributed by atoms with van der Waals surface area (Å²) < 4.78 is 0. The number of carboxylic acid groups (broad SMARTS) is 1. The Balaban J connectivity index is 2.25. The summed E-state index contributed by atoms with van der Waals surface area (Å²) in [6.45, 7) is 0.507. The van der Waals surface area contributed by atoms with Gasteiger partial charge in [-0.25, -0.2) is 4.79 Å². The number of hydrogen-bond donors (Lipinski definition) is 7. The fraction of sp³-hybridized carbons (Fsp3) is 0.556. The average molecular weight is 595 g/mol. The molecule has 40 heavy (non-hydrogen) atoms. The van der Waals surface area contributed by atoms with Gasteiger partial charge < -0.3 is 37.5 Å². The first-order valence-corrected chi connectivity index (χ1v) is 16.1. The van der Waals surface area contributed by atoms with Gasteiger partial charge in [-0.15, -0.1) is 0 Å². The maximum atomic E-state index is 13.5. The van der Waals surface area contributed by atoms with Gasteiger partial charge in [0, 0.05) is 23.5 Å². The molecule has 0 saturated heterocycles. The molecule has 13 heteroatoms. The van der Waals surface area contributed by atoms with Crippen LogP contribution < -0.4 is 27.4 Å². The maximum absolute atomic E-state index is 13.5. The Bertz CT molecular complexity index is 1110. The highest BCUT2D eigenvalue weighted by Gasteiger charge is 2.30. The van der Waals surface area contributed by atoms with Crippen molar-refractivity contribution in [2.24, 2.45) is 11.5 Å². The molecular formula is C27H42N6O5S2.